The molecule has 1 aliphatic heterocycles. The molecule has 0 saturated carbocycles. The van der Waals surface area contributed by atoms with Gasteiger partial charge in [-0.1, -0.05) is 30.3 Å². The number of aliphatic hydroxyl groups is 1. The van der Waals surface area contributed by atoms with Crippen molar-refractivity contribution in [2.75, 3.05) is 13.2 Å². The van der Waals surface area contributed by atoms with E-state index in [1.54, 1.807) is 30.3 Å². The second-order valence-electron chi connectivity index (χ2n) is 5.38. The van der Waals surface area contributed by atoms with E-state index in [9.17, 15) is 18.0 Å². The number of rotatable bonds is 3. The third-order valence-corrected chi connectivity index (χ3v) is 3.76. The topological polar surface area (TPSA) is 49.8 Å². The van der Waals surface area contributed by atoms with Crippen LogP contribution in [0.3, 0.4) is 0 Å². The molecule has 0 spiro atoms. The molecule has 7 heteroatoms. The number of carbonyl (C=O) groups is 1. The molecule has 1 aromatic rings. The third-order valence-electron chi connectivity index (χ3n) is 3.76. The van der Waals surface area contributed by atoms with Crippen molar-refractivity contribution >= 4 is 6.09 Å². The summed E-state index contributed by atoms with van der Waals surface area (Å²) < 4.78 is 44.1. The van der Waals surface area contributed by atoms with Crippen LogP contribution in [0.15, 0.2) is 30.3 Å². The second-order valence-corrected chi connectivity index (χ2v) is 5.38. The van der Waals surface area contributed by atoms with Crippen LogP contribution in [-0.4, -0.2) is 41.5 Å². The summed E-state index contributed by atoms with van der Waals surface area (Å²) in [7, 11) is 0. The molecule has 2 rings (SSSR count). The molecule has 0 radical (unpaired) electrons. The van der Waals surface area contributed by atoms with Gasteiger partial charge in [-0.05, 0) is 24.3 Å². The number of likely N-dealkylation sites (tertiary alicyclic amines) is 1. The van der Waals surface area contributed by atoms with Gasteiger partial charge in [0.05, 0.1) is 0 Å². The number of piperidine rings is 1. The fraction of sp³-hybridized carbons (Fsp3) is 0.533. The van der Waals surface area contributed by atoms with Gasteiger partial charge in [-0.2, -0.15) is 13.2 Å². The van der Waals surface area contributed by atoms with Crippen LogP contribution in [-0.2, 0) is 11.3 Å². The van der Waals surface area contributed by atoms with Crippen molar-refractivity contribution in [2.24, 2.45) is 5.92 Å². The molecule has 1 aromatic carbocycles. The molecule has 1 N–H and O–H groups in total. The Balaban J connectivity index is 2.02. The molecule has 1 saturated heterocycles. The lowest BCUT2D eigenvalue weighted by Crippen LogP contribution is -2.54. The van der Waals surface area contributed by atoms with Crippen molar-refractivity contribution in [3.8, 4) is 0 Å². The standard InChI is InChI=1S/C15H18F3NO3/c16-15(17,18)13-7-6-12(9-20)8-19(13)14(21)22-10-11-4-2-1-3-5-11/h1-5,12-13,20H,6-10H2/t12-,13-/m1/s1. The minimum absolute atomic E-state index is 0.0788. The zero-order valence-electron chi connectivity index (χ0n) is 11.9. The predicted molar refractivity (Wildman–Crippen MR) is 73.0 cm³/mol. The Bertz CT molecular complexity index is 493. The van der Waals surface area contributed by atoms with Gasteiger partial charge in [0.15, 0.2) is 0 Å². The number of carbonyl (C=O) groups excluding carboxylic acids is 1. The van der Waals surface area contributed by atoms with Gasteiger partial charge < -0.3 is 9.84 Å². The van der Waals surface area contributed by atoms with Gasteiger partial charge in [0.1, 0.15) is 12.6 Å². The fourth-order valence-electron chi connectivity index (χ4n) is 2.54. The van der Waals surface area contributed by atoms with Crippen LogP contribution in [0.4, 0.5) is 18.0 Å². The predicted octanol–water partition coefficient (Wildman–Crippen LogP) is 2.96. The number of benzene rings is 1. The van der Waals surface area contributed by atoms with Gasteiger partial charge in [0.25, 0.3) is 0 Å². The number of hydrogen-bond donors (Lipinski definition) is 1. The van der Waals surface area contributed by atoms with Crippen molar-refractivity contribution in [3.05, 3.63) is 35.9 Å². The molecular weight excluding hydrogens is 299 g/mol. The maximum absolute atomic E-state index is 13.0. The summed E-state index contributed by atoms with van der Waals surface area (Å²) >= 11 is 0. The summed E-state index contributed by atoms with van der Waals surface area (Å²) in [6.45, 7) is -0.466. The largest absolute Gasteiger partial charge is 0.445 e. The summed E-state index contributed by atoms with van der Waals surface area (Å²) in [5.41, 5.74) is 0.704. The van der Waals surface area contributed by atoms with E-state index >= 15 is 0 Å². The number of amides is 1. The van der Waals surface area contributed by atoms with E-state index in [1.807, 2.05) is 0 Å². The van der Waals surface area contributed by atoms with Gasteiger partial charge in [-0.25, -0.2) is 4.79 Å². The maximum Gasteiger partial charge on any atom is 0.410 e. The van der Waals surface area contributed by atoms with Crippen molar-refractivity contribution in [3.63, 3.8) is 0 Å². The first-order valence-corrected chi connectivity index (χ1v) is 7.06. The highest BCUT2D eigenvalue weighted by atomic mass is 19.4. The van der Waals surface area contributed by atoms with Crippen molar-refractivity contribution < 1.29 is 27.8 Å². The smallest absolute Gasteiger partial charge is 0.410 e. The summed E-state index contributed by atoms with van der Waals surface area (Å²) in [5.74, 6) is -0.345. The summed E-state index contributed by atoms with van der Waals surface area (Å²) in [5, 5.41) is 9.13. The normalized spacial score (nSPS) is 22.5. The minimum atomic E-state index is -4.49. The third kappa shape index (κ3) is 4.13. The zero-order chi connectivity index (χ0) is 16.2. The summed E-state index contributed by atoms with van der Waals surface area (Å²) in [6.07, 6.45) is -5.46. The van der Waals surface area contributed by atoms with E-state index < -0.39 is 18.3 Å². The molecule has 0 unspecified atom stereocenters. The van der Waals surface area contributed by atoms with Gasteiger partial charge in [-0.3, -0.25) is 4.90 Å². The van der Waals surface area contributed by atoms with Crippen molar-refractivity contribution in [1.29, 1.82) is 0 Å². The number of ether oxygens (including phenoxy) is 1. The molecule has 1 fully saturated rings. The fourth-order valence-corrected chi connectivity index (χ4v) is 2.54. The first-order valence-electron chi connectivity index (χ1n) is 7.06. The highest BCUT2D eigenvalue weighted by molar-refractivity contribution is 5.68. The van der Waals surface area contributed by atoms with Crippen LogP contribution < -0.4 is 0 Å². The Kier molecular flexibility index (Phi) is 5.28. The van der Waals surface area contributed by atoms with E-state index in [0.717, 1.165) is 0 Å². The minimum Gasteiger partial charge on any atom is -0.445 e. The number of alkyl halides is 3. The van der Waals surface area contributed by atoms with E-state index in [4.69, 9.17) is 9.84 Å². The Morgan fingerprint density at radius 1 is 1.27 bits per heavy atom. The van der Waals surface area contributed by atoms with Gasteiger partial charge in [0, 0.05) is 13.2 Å². The van der Waals surface area contributed by atoms with E-state index in [1.165, 1.54) is 0 Å². The second kappa shape index (κ2) is 7.00. The van der Waals surface area contributed by atoms with E-state index in [0.29, 0.717) is 10.5 Å². The van der Waals surface area contributed by atoms with Crippen LogP contribution in [0.25, 0.3) is 0 Å². The van der Waals surface area contributed by atoms with Crippen LogP contribution in [0.2, 0.25) is 0 Å². The molecular formula is C15H18F3NO3. The first-order chi connectivity index (χ1) is 10.4. The van der Waals surface area contributed by atoms with Gasteiger partial charge in [-0.15, -0.1) is 0 Å². The first kappa shape index (κ1) is 16.6. The van der Waals surface area contributed by atoms with Gasteiger partial charge >= 0.3 is 12.3 Å². The van der Waals surface area contributed by atoms with Crippen LogP contribution in [0, 0.1) is 5.92 Å². The van der Waals surface area contributed by atoms with Crippen LogP contribution in [0.1, 0.15) is 18.4 Å². The number of halogens is 3. The quantitative estimate of drug-likeness (QED) is 0.932. The van der Waals surface area contributed by atoms with Gasteiger partial charge in [0.2, 0.25) is 0 Å². The molecule has 2 atom stereocenters. The monoisotopic (exact) mass is 317 g/mol. The Morgan fingerprint density at radius 3 is 2.55 bits per heavy atom. The molecule has 1 amide bonds. The maximum atomic E-state index is 13.0. The summed E-state index contributed by atoms with van der Waals surface area (Å²) in [4.78, 5) is 12.7. The lowest BCUT2D eigenvalue weighted by atomic mass is 9.93. The molecule has 0 aromatic heterocycles. The molecule has 1 aliphatic rings. The highest BCUT2D eigenvalue weighted by Crippen LogP contribution is 2.34. The highest BCUT2D eigenvalue weighted by Gasteiger charge is 2.48. The molecule has 1 heterocycles. The Morgan fingerprint density at radius 2 is 1.95 bits per heavy atom. The van der Waals surface area contributed by atoms with E-state index in [-0.39, 0.29) is 38.5 Å². The SMILES string of the molecule is O=C(OCc1ccccc1)N1C[C@H](CO)CC[C@@H]1C(F)(F)F. The number of aliphatic hydroxyl groups excluding tert-OH is 1. The van der Waals surface area contributed by atoms with E-state index in [2.05, 4.69) is 0 Å². The van der Waals surface area contributed by atoms with Crippen LogP contribution in [0.5, 0.6) is 0 Å². The number of nitrogens with zero attached hydrogens (tertiary/aromatic N) is 1. The number of hydrogen-bond acceptors (Lipinski definition) is 3. The van der Waals surface area contributed by atoms with Crippen molar-refractivity contribution in [2.45, 2.75) is 31.7 Å². The molecule has 22 heavy (non-hydrogen) atoms. The zero-order valence-corrected chi connectivity index (χ0v) is 11.9. The average Bonchev–Trinajstić information content (AvgIpc) is 2.52. The lowest BCUT2D eigenvalue weighted by Gasteiger charge is -2.39. The van der Waals surface area contributed by atoms with Crippen LogP contribution >= 0.6 is 0 Å². The molecule has 0 aliphatic carbocycles. The Hall–Kier alpha value is -1.76. The Labute approximate surface area is 126 Å². The lowest BCUT2D eigenvalue weighted by molar-refractivity contribution is -0.190. The molecule has 122 valence electrons. The summed E-state index contributed by atoms with van der Waals surface area (Å²) in [6, 6.07) is 6.90. The molecule has 4 nitrogen and oxygen atoms in total. The molecule has 0 bridgehead atoms. The average molecular weight is 317 g/mol. The van der Waals surface area contributed by atoms with Crippen molar-refractivity contribution in [1.82, 2.24) is 4.90 Å².